The van der Waals surface area contributed by atoms with Crippen LogP contribution in [-0.4, -0.2) is 48.1 Å². The maximum absolute atomic E-state index is 9.24. The Balaban J connectivity index is 1.93. The number of hydrogen-bond acceptors (Lipinski definition) is 7. The van der Waals surface area contributed by atoms with Crippen molar-refractivity contribution in [2.24, 2.45) is 0 Å². The summed E-state index contributed by atoms with van der Waals surface area (Å²) in [5.41, 5.74) is 3.01. The fourth-order valence-corrected chi connectivity index (χ4v) is 3.69. The van der Waals surface area contributed by atoms with Gasteiger partial charge in [0.05, 0.1) is 40.9 Å². The molecule has 0 spiro atoms. The van der Waals surface area contributed by atoms with Gasteiger partial charge in [-0.1, -0.05) is 19.1 Å². The summed E-state index contributed by atoms with van der Waals surface area (Å²) in [4.78, 5) is 0. The van der Waals surface area contributed by atoms with Crippen molar-refractivity contribution in [2.45, 2.75) is 32.6 Å². The Kier molecular flexibility index (Phi) is 10.5. The summed E-state index contributed by atoms with van der Waals surface area (Å²) in [7, 11) is 6.42. The van der Waals surface area contributed by atoms with Crippen LogP contribution in [0.5, 0.6) is 28.7 Å². The Bertz CT molecular complexity index is 886. The second-order valence-corrected chi connectivity index (χ2v) is 7.12. The molecular weight excluding hydrogens is 408 g/mol. The van der Waals surface area contributed by atoms with Crippen LogP contribution in [-0.2, 0) is 19.3 Å². The van der Waals surface area contributed by atoms with Gasteiger partial charge in [-0.05, 0) is 49.1 Å². The molecule has 0 heterocycles. The van der Waals surface area contributed by atoms with E-state index >= 15 is 0 Å². The molecule has 7 nitrogen and oxygen atoms in total. The summed E-state index contributed by atoms with van der Waals surface area (Å²) in [5.74, 6) is 3.32. The minimum atomic E-state index is 0.284. The molecule has 2 aromatic rings. The second kappa shape index (κ2) is 13.3. The van der Waals surface area contributed by atoms with Gasteiger partial charge in [0.2, 0.25) is 5.75 Å². The molecule has 0 unspecified atom stereocenters. The van der Waals surface area contributed by atoms with Gasteiger partial charge in [-0.15, -0.1) is 0 Å². The number of nitriles is 1. The highest BCUT2D eigenvalue weighted by Crippen LogP contribution is 2.42. The van der Waals surface area contributed by atoms with Gasteiger partial charge in [-0.2, -0.15) is 5.26 Å². The summed E-state index contributed by atoms with van der Waals surface area (Å²) >= 11 is 0. The van der Waals surface area contributed by atoms with Crippen molar-refractivity contribution in [3.8, 4) is 34.8 Å². The number of nitrogens with one attached hydrogen (secondary N) is 1. The largest absolute Gasteiger partial charge is 0.493 e. The van der Waals surface area contributed by atoms with Crippen LogP contribution >= 0.6 is 0 Å². The summed E-state index contributed by atoms with van der Waals surface area (Å²) in [5, 5.41) is 12.7. The third-order valence-electron chi connectivity index (χ3n) is 5.26. The standard InChI is InChI=1S/C25H34N2O5/c1-6-18-9-7-11-21(28-2)23(18)32-16-15-27-14-8-10-20-19(12-13-26)17-22(29-3)25(31-5)24(20)30-4/h7,9,11,17,27H,6,8,10,12,14-16H2,1-5H3. The molecule has 1 N–H and O–H groups in total. The Morgan fingerprint density at radius 2 is 1.62 bits per heavy atom. The molecule has 0 fully saturated rings. The van der Waals surface area contributed by atoms with Gasteiger partial charge in [0, 0.05) is 12.1 Å². The third-order valence-corrected chi connectivity index (χ3v) is 5.26. The number of rotatable bonds is 14. The average Bonchev–Trinajstić information content (AvgIpc) is 2.83. The van der Waals surface area contributed by atoms with Crippen LogP contribution in [0, 0.1) is 11.3 Å². The molecule has 0 bridgehead atoms. The maximum atomic E-state index is 9.24. The van der Waals surface area contributed by atoms with Crippen molar-refractivity contribution in [2.75, 3.05) is 48.1 Å². The molecule has 32 heavy (non-hydrogen) atoms. The number of methoxy groups -OCH3 is 4. The molecule has 0 aliphatic heterocycles. The molecule has 0 saturated heterocycles. The van der Waals surface area contributed by atoms with Crippen molar-refractivity contribution in [1.82, 2.24) is 5.32 Å². The number of ether oxygens (including phenoxy) is 5. The molecule has 174 valence electrons. The highest BCUT2D eigenvalue weighted by Gasteiger charge is 2.20. The lowest BCUT2D eigenvalue weighted by molar-refractivity contribution is 0.289. The zero-order valence-corrected chi connectivity index (χ0v) is 19.7. The SMILES string of the molecule is CCc1cccc(OC)c1OCCNCCCc1c(CC#N)cc(OC)c(OC)c1OC. The molecule has 2 rings (SSSR count). The molecule has 0 amide bonds. The van der Waals surface area contributed by atoms with Gasteiger partial charge in [0.15, 0.2) is 23.0 Å². The van der Waals surface area contributed by atoms with Crippen molar-refractivity contribution >= 4 is 0 Å². The molecule has 0 saturated carbocycles. The number of hydrogen-bond donors (Lipinski definition) is 1. The van der Waals surface area contributed by atoms with Crippen LogP contribution in [0.4, 0.5) is 0 Å². The zero-order valence-electron chi connectivity index (χ0n) is 19.7. The predicted octanol–water partition coefficient (Wildman–Crippen LogP) is 3.95. The number of aryl methyl sites for hydroxylation is 1. The molecule has 0 aliphatic rings. The summed E-state index contributed by atoms with van der Waals surface area (Å²) in [6.45, 7) is 4.17. The van der Waals surface area contributed by atoms with Crippen LogP contribution in [0.15, 0.2) is 24.3 Å². The number of nitrogens with zero attached hydrogens (tertiary/aromatic N) is 1. The van der Waals surface area contributed by atoms with Gasteiger partial charge in [0.1, 0.15) is 6.61 Å². The fourth-order valence-electron chi connectivity index (χ4n) is 3.69. The maximum Gasteiger partial charge on any atom is 0.203 e. The van der Waals surface area contributed by atoms with Crippen molar-refractivity contribution in [3.05, 3.63) is 41.0 Å². The molecule has 0 aromatic heterocycles. The quantitative estimate of drug-likeness (QED) is 0.444. The Morgan fingerprint density at radius 3 is 2.25 bits per heavy atom. The average molecular weight is 443 g/mol. The predicted molar refractivity (Wildman–Crippen MR) is 124 cm³/mol. The van der Waals surface area contributed by atoms with E-state index < -0.39 is 0 Å². The smallest absolute Gasteiger partial charge is 0.203 e. The first-order valence-electron chi connectivity index (χ1n) is 10.8. The van der Waals surface area contributed by atoms with E-state index in [1.807, 2.05) is 18.2 Å². The molecule has 2 aromatic carbocycles. The van der Waals surface area contributed by atoms with Crippen molar-refractivity contribution in [3.63, 3.8) is 0 Å². The van der Waals surface area contributed by atoms with E-state index in [1.165, 1.54) is 0 Å². The first-order chi connectivity index (χ1) is 15.6. The van der Waals surface area contributed by atoms with E-state index in [4.69, 9.17) is 23.7 Å². The fraction of sp³-hybridized carbons (Fsp3) is 0.480. The first-order valence-corrected chi connectivity index (χ1v) is 10.8. The van der Waals surface area contributed by atoms with Crippen molar-refractivity contribution in [1.29, 1.82) is 5.26 Å². The van der Waals surface area contributed by atoms with Crippen LogP contribution in [0.1, 0.15) is 30.0 Å². The molecule has 7 heteroatoms. The highest BCUT2D eigenvalue weighted by molar-refractivity contribution is 5.59. The monoisotopic (exact) mass is 442 g/mol. The van der Waals surface area contributed by atoms with Gasteiger partial charge in [-0.3, -0.25) is 0 Å². The molecule has 0 atom stereocenters. The second-order valence-electron chi connectivity index (χ2n) is 7.12. The van der Waals surface area contributed by atoms with E-state index in [0.717, 1.165) is 60.5 Å². The third kappa shape index (κ3) is 6.21. The summed E-state index contributed by atoms with van der Waals surface area (Å²) in [6.07, 6.45) is 2.80. The number of para-hydroxylation sites is 1. The molecule has 0 aliphatic carbocycles. The van der Waals surface area contributed by atoms with E-state index in [0.29, 0.717) is 23.9 Å². The lowest BCUT2D eigenvalue weighted by Crippen LogP contribution is -2.23. The topological polar surface area (TPSA) is 82.0 Å². The van der Waals surface area contributed by atoms with Gasteiger partial charge < -0.3 is 29.0 Å². The lowest BCUT2D eigenvalue weighted by Gasteiger charge is -2.19. The summed E-state index contributed by atoms with van der Waals surface area (Å²) < 4.78 is 27.9. The Labute approximate surface area is 191 Å². The van der Waals surface area contributed by atoms with E-state index in [1.54, 1.807) is 28.4 Å². The van der Waals surface area contributed by atoms with E-state index in [2.05, 4.69) is 24.4 Å². The van der Waals surface area contributed by atoms with Crippen LogP contribution in [0.2, 0.25) is 0 Å². The minimum absolute atomic E-state index is 0.284. The van der Waals surface area contributed by atoms with Crippen LogP contribution < -0.4 is 29.0 Å². The van der Waals surface area contributed by atoms with E-state index in [-0.39, 0.29) is 6.42 Å². The normalized spacial score (nSPS) is 10.4. The number of benzene rings is 2. The van der Waals surface area contributed by atoms with Crippen molar-refractivity contribution < 1.29 is 23.7 Å². The Hall–Kier alpha value is -3.11. The van der Waals surface area contributed by atoms with Crippen LogP contribution in [0.25, 0.3) is 0 Å². The minimum Gasteiger partial charge on any atom is -0.493 e. The van der Waals surface area contributed by atoms with Gasteiger partial charge in [-0.25, -0.2) is 0 Å². The van der Waals surface area contributed by atoms with E-state index in [9.17, 15) is 5.26 Å². The van der Waals surface area contributed by atoms with Gasteiger partial charge in [0.25, 0.3) is 0 Å². The zero-order chi connectivity index (χ0) is 23.3. The molecular formula is C25H34N2O5. The first kappa shape index (κ1) is 25.2. The highest BCUT2D eigenvalue weighted by atomic mass is 16.5. The summed E-state index contributed by atoms with van der Waals surface area (Å²) in [6, 6.07) is 10.0. The Morgan fingerprint density at radius 1 is 0.875 bits per heavy atom. The van der Waals surface area contributed by atoms with Gasteiger partial charge >= 0.3 is 0 Å². The molecule has 0 radical (unpaired) electrons. The van der Waals surface area contributed by atoms with Crippen LogP contribution in [0.3, 0.4) is 0 Å². The lowest BCUT2D eigenvalue weighted by atomic mass is 9.98.